The van der Waals surface area contributed by atoms with Crippen molar-refractivity contribution >= 4 is 17.5 Å². The van der Waals surface area contributed by atoms with Gasteiger partial charge in [0, 0.05) is 39.8 Å². The maximum atomic E-state index is 11.6. The summed E-state index contributed by atoms with van der Waals surface area (Å²) in [5.41, 5.74) is 0. The number of hydrogen-bond acceptors (Lipinski definition) is 3. The first-order valence-electron chi connectivity index (χ1n) is 5.29. The molecule has 1 aliphatic rings. The number of rotatable bonds is 4. The molecule has 0 bridgehead atoms. The number of methoxy groups -OCH3 is 1. The molecule has 1 saturated heterocycles. The van der Waals surface area contributed by atoms with Crippen LogP contribution in [0, 0.1) is 0 Å². The minimum Gasteiger partial charge on any atom is -0.383 e. The molecule has 0 spiro atoms. The lowest BCUT2D eigenvalue weighted by Gasteiger charge is -2.35. The number of piperazine rings is 1. The summed E-state index contributed by atoms with van der Waals surface area (Å²) in [5, 5.41) is -0.407. The van der Waals surface area contributed by atoms with Crippen LogP contribution in [0.4, 0.5) is 0 Å². The molecule has 0 aliphatic carbocycles. The summed E-state index contributed by atoms with van der Waals surface area (Å²) >= 11 is 5.76. The largest absolute Gasteiger partial charge is 0.383 e. The quantitative estimate of drug-likeness (QED) is 0.661. The average molecular weight is 235 g/mol. The van der Waals surface area contributed by atoms with E-state index >= 15 is 0 Å². The first kappa shape index (κ1) is 12.7. The highest BCUT2D eigenvalue weighted by Crippen LogP contribution is 2.06. The Morgan fingerprint density at radius 1 is 1.40 bits per heavy atom. The Morgan fingerprint density at radius 2 is 2.00 bits per heavy atom. The topological polar surface area (TPSA) is 32.8 Å². The fraction of sp³-hybridized carbons (Fsp3) is 0.900. The molecule has 1 amide bonds. The smallest absolute Gasteiger partial charge is 0.240 e. The number of amides is 1. The summed E-state index contributed by atoms with van der Waals surface area (Å²) in [7, 11) is 1.70. The van der Waals surface area contributed by atoms with Gasteiger partial charge in [0.05, 0.1) is 6.61 Å². The van der Waals surface area contributed by atoms with Gasteiger partial charge in [0.2, 0.25) is 5.91 Å². The Labute approximate surface area is 96.1 Å². The molecule has 0 saturated carbocycles. The van der Waals surface area contributed by atoms with Crippen molar-refractivity contribution in [2.45, 2.75) is 12.3 Å². The summed E-state index contributed by atoms with van der Waals surface area (Å²) in [5.74, 6) is 0.0445. The average Bonchev–Trinajstić information content (AvgIpc) is 2.26. The van der Waals surface area contributed by atoms with E-state index in [4.69, 9.17) is 16.3 Å². The molecule has 1 atom stereocenters. The van der Waals surface area contributed by atoms with Gasteiger partial charge in [0.25, 0.3) is 0 Å². The predicted octanol–water partition coefficient (Wildman–Crippen LogP) is 0.404. The van der Waals surface area contributed by atoms with Crippen LogP contribution in [0.1, 0.15) is 6.92 Å². The summed E-state index contributed by atoms with van der Waals surface area (Å²) < 4.78 is 5.01. The fourth-order valence-electron chi connectivity index (χ4n) is 1.66. The number of alkyl halides is 1. The highest BCUT2D eigenvalue weighted by Gasteiger charge is 2.23. The molecule has 0 N–H and O–H groups in total. The Kier molecular flexibility index (Phi) is 5.36. The molecule has 4 nitrogen and oxygen atoms in total. The second kappa shape index (κ2) is 6.30. The minimum atomic E-state index is -0.407. The van der Waals surface area contributed by atoms with Gasteiger partial charge in [-0.15, -0.1) is 11.6 Å². The standard InChI is InChI=1S/C10H19ClN2O2/c1-9(11)10(14)13-5-3-12(4-6-13)7-8-15-2/h9H,3-8H2,1-2H3/t9-/m1/s1. The van der Waals surface area contributed by atoms with Gasteiger partial charge in [0.1, 0.15) is 5.38 Å². The van der Waals surface area contributed by atoms with Crippen LogP contribution in [-0.2, 0) is 9.53 Å². The molecule has 0 unspecified atom stereocenters. The zero-order chi connectivity index (χ0) is 11.3. The number of halogens is 1. The normalized spacial score (nSPS) is 20.3. The summed E-state index contributed by atoms with van der Waals surface area (Å²) in [4.78, 5) is 15.7. The van der Waals surface area contributed by atoms with Crippen LogP contribution in [0.3, 0.4) is 0 Å². The van der Waals surface area contributed by atoms with E-state index in [-0.39, 0.29) is 5.91 Å². The predicted molar refractivity (Wildman–Crippen MR) is 60.2 cm³/mol. The van der Waals surface area contributed by atoms with E-state index in [1.165, 1.54) is 0 Å². The van der Waals surface area contributed by atoms with Crippen molar-refractivity contribution in [3.63, 3.8) is 0 Å². The third-order valence-corrected chi connectivity index (χ3v) is 2.82. The third kappa shape index (κ3) is 3.97. The molecule has 1 rings (SSSR count). The van der Waals surface area contributed by atoms with Crippen LogP contribution in [0.2, 0.25) is 0 Å². The molecule has 0 aromatic carbocycles. The third-order valence-electron chi connectivity index (χ3n) is 2.64. The maximum absolute atomic E-state index is 11.6. The van der Waals surface area contributed by atoms with Crippen molar-refractivity contribution in [2.24, 2.45) is 0 Å². The minimum absolute atomic E-state index is 0.0445. The lowest BCUT2D eigenvalue weighted by Crippen LogP contribution is -2.50. The van der Waals surface area contributed by atoms with Crippen molar-refractivity contribution in [3.8, 4) is 0 Å². The van der Waals surface area contributed by atoms with Gasteiger partial charge in [-0.1, -0.05) is 0 Å². The number of ether oxygens (including phenoxy) is 1. The lowest BCUT2D eigenvalue weighted by atomic mass is 10.3. The van der Waals surface area contributed by atoms with E-state index < -0.39 is 5.38 Å². The molecule has 0 aromatic rings. The number of nitrogens with zero attached hydrogens (tertiary/aromatic N) is 2. The van der Waals surface area contributed by atoms with Crippen molar-refractivity contribution in [1.29, 1.82) is 0 Å². The van der Waals surface area contributed by atoms with Gasteiger partial charge in [-0.2, -0.15) is 0 Å². The second-order valence-corrected chi connectivity index (χ2v) is 4.43. The highest BCUT2D eigenvalue weighted by atomic mass is 35.5. The van der Waals surface area contributed by atoms with E-state index in [1.807, 2.05) is 4.90 Å². The zero-order valence-electron chi connectivity index (χ0n) is 9.41. The van der Waals surface area contributed by atoms with Crippen LogP contribution in [0.5, 0.6) is 0 Å². The van der Waals surface area contributed by atoms with Gasteiger partial charge >= 0.3 is 0 Å². The van der Waals surface area contributed by atoms with E-state index in [1.54, 1.807) is 14.0 Å². The van der Waals surface area contributed by atoms with Crippen molar-refractivity contribution in [1.82, 2.24) is 9.80 Å². The van der Waals surface area contributed by atoms with E-state index in [0.717, 1.165) is 39.3 Å². The molecule has 0 radical (unpaired) electrons. The first-order valence-corrected chi connectivity index (χ1v) is 5.73. The zero-order valence-corrected chi connectivity index (χ0v) is 10.2. The Bertz CT molecular complexity index is 204. The SMILES string of the molecule is COCCN1CCN(C(=O)[C@@H](C)Cl)CC1. The molecule has 1 heterocycles. The van der Waals surface area contributed by atoms with Crippen molar-refractivity contribution < 1.29 is 9.53 Å². The van der Waals surface area contributed by atoms with Gasteiger partial charge in [-0.05, 0) is 6.92 Å². The highest BCUT2D eigenvalue weighted by molar-refractivity contribution is 6.30. The van der Waals surface area contributed by atoms with Crippen LogP contribution in [0.25, 0.3) is 0 Å². The molecule has 0 aromatic heterocycles. The van der Waals surface area contributed by atoms with Crippen molar-refractivity contribution in [2.75, 3.05) is 46.4 Å². The number of carbonyl (C=O) groups excluding carboxylic acids is 1. The molecule has 15 heavy (non-hydrogen) atoms. The second-order valence-electron chi connectivity index (χ2n) is 3.78. The van der Waals surface area contributed by atoms with Gasteiger partial charge in [0.15, 0.2) is 0 Å². The molecule has 1 fully saturated rings. The molecular formula is C10H19ClN2O2. The first-order chi connectivity index (χ1) is 7.15. The lowest BCUT2D eigenvalue weighted by molar-refractivity contribution is -0.132. The van der Waals surface area contributed by atoms with Crippen LogP contribution in [0.15, 0.2) is 0 Å². The van der Waals surface area contributed by atoms with Crippen molar-refractivity contribution in [3.05, 3.63) is 0 Å². The Hall–Kier alpha value is -0.320. The maximum Gasteiger partial charge on any atom is 0.240 e. The summed E-state index contributed by atoms with van der Waals surface area (Å²) in [6.45, 7) is 6.80. The molecular weight excluding hydrogens is 216 g/mol. The van der Waals surface area contributed by atoms with Crippen LogP contribution < -0.4 is 0 Å². The van der Waals surface area contributed by atoms with E-state index in [9.17, 15) is 4.79 Å². The monoisotopic (exact) mass is 234 g/mol. The van der Waals surface area contributed by atoms with E-state index in [2.05, 4.69) is 4.90 Å². The molecule has 1 aliphatic heterocycles. The van der Waals surface area contributed by atoms with Crippen LogP contribution >= 0.6 is 11.6 Å². The molecule has 5 heteroatoms. The molecule has 88 valence electrons. The Balaban J connectivity index is 2.26. The number of hydrogen-bond donors (Lipinski definition) is 0. The van der Waals surface area contributed by atoms with E-state index in [0.29, 0.717) is 0 Å². The fourth-order valence-corrected chi connectivity index (χ4v) is 1.80. The summed E-state index contributed by atoms with van der Waals surface area (Å²) in [6.07, 6.45) is 0. The Morgan fingerprint density at radius 3 is 2.47 bits per heavy atom. The summed E-state index contributed by atoms with van der Waals surface area (Å²) in [6, 6.07) is 0. The number of carbonyl (C=O) groups is 1. The van der Waals surface area contributed by atoms with Crippen LogP contribution in [-0.4, -0.2) is 67.5 Å². The van der Waals surface area contributed by atoms with Gasteiger partial charge < -0.3 is 9.64 Å². The van der Waals surface area contributed by atoms with Gasteiger partial charge in [-0.25, -0.2) is 0 Å². The van der Waals surface area contributed by atoms with Gasteiger partial charge in [-0.3, -0.25) is 9.69 Å².